The predicted molar refractivity (Wildman–Crippen MR) is 103 cm³/mol. The quantitative estimate of drug-likeness (QED) is 0.718. The first-order chi connectivity index (χ1) is 13.2. The number of piperidine rings is 1. The topological polar surface area (TPSA) is 68.1 Å². The Labute approximate surface area is 157 Å². The Morgan fingerprint density at radius 1 is 1.19 bits per heavy atom. The van der Waals surface area contributed by atoms with E-state index >= 15 is 0 Å². The van der Waals surface area contributed by atoms with Crippen LogP contribution in [0.15, 0.2) is 59.9 Å². The lowest BCUT2D eigenvalue weighted by Crippen LogP contribution is -2.43. The zero-order valence-electron chi connectivity index (χ0n) is 15.3. The van der Waals surface area contributed by atoms with Crippen molar-refractivity contribution < 1.29 is 4.79 Å². The van der Waals surface area contributed by atoms with Crippen molar-refractivity contribution in [2.24, 2.45) is 0 Å². The van der Waals surface area contributed by atoms with Gasteiger partial charge >= 0.3 is 0 Å². The second-order valence-corrected chi connectivity index (χ2v) is 6.98. The molecule has 1 aliphatic heterocycles. The lowest BCUT2D eigenvalue weighted by molar-refractivity contribution is -0.138. The molecule has 1 aromatic carbocycles. The number of nitrogens with zero attached hydrogens (tertiary/aromatic N) is 4. The number of para-hydroxylation sites is 1. The van der Waals surface area contributed by atoms with Gasteiger partial charge < -0.3 is 4.90 Å². The second-order valence-electron chi connectivity index (χ2n) is 6.98. The van der Waals surface area contributed by atoms with Crippen molar-refractivity contribution in [2.45, 2.75) is 38.3 Å². The number of rotatable bonds is 3. The Balaban J connectivity index is 1.67. The van der Waals surface area contributed by atoms with Gasteiger partial charge in [-0.25, -0.2) is 4.98 Å². The van der Waals surface area contributed by atoms with Crippen molar-refractivity contribution in [1.29, 1.82) is 0 Å². The van der Waals surface area contributed by atoms with E-state index in [1.165, 1.54) is 10.9 Å². The predicted octanol–water partition coefficient (Wildman–Crippen LogP) is 3.11. The number of fused-ring (bicyclic) bond motifs is 1. The summed E-state index contributed by atoms with van der Waals surface area (Å²) < 4.78 is 1.44. The SMILES string of the molecule is C[C@@H](C(=O)N1CCCC[C@H]1c1cccnc1)n1cnc2ccccc2c1=O. The van der Waals surface area contributed by atoms with Gasteiger partial charge in [0.15, 0.2) is 0 Å². The van der Waals surface area contributed by atoms with Crippen LogP contribution < -0.4 is 5.56 Å². The summed E-state index contributed by atoms with van der Waals surface area (Å²) in [6.45, 7) is 2.47. The summed E-state index contributed by atoms with van der Waals surface area (Å²) in [5, 5.41) is 0.530. The number of amides is 1. The number of hydrogen-bond donors (Lipinski definition) is 0. The summed E-state index contributed by atoms with van der Waals surface area (Å²) in [4.78, 5) is 36.6. The van der Waals surface area contributed by atoms with Gasteiger partial charge in [0, 0.05) is 18.9 Å². The summed E-state index contributed by atoms with van der Waals surface area (Å²) in [6, 6.07) is 10.5. The average molecular weight is 362 g/mol. The minimum absolute atomic E-state index is 0.00603. The van der Waals surface area contributed by atoms with E-state index in [9.17, 15) is 9.59 Å². The van der Waals surface area contributed by atoms with Crippen LogP contribution in [0.3, 0.4) is 0 Å². The van der Waals surface area contributed by atoms with Gasteiger partial charge in [0.1, 0.15) is 6.04 Å². The Hall–Kier alpha value is -3.02. The number of benzene rings is 1. The number of likely N-dealkylation sites (tertiary alicyclic amines) is 1. The fraction of sp³-hybridized carbons (Fsp3) is 0.333. The Kier molecular flexibility index (Phi) is 4.71. The van der Waals surface area contributed by atoms with Crippen molar-refractivity contribution in [3.8, 4) is 0 Å². The first kappa shape index (κ1) is 17.4. The maximum absolute atomic E-state index is 13.3. The minimum Gasteiger partial charge on any atom is -0.334 e. The van der Waals surface area contributed by atoms with E-state index in [2.05, 4.69) is 9.97 Å². The van der Waals surface area contributed by atoms with E-state index in [1.807, 2.05) is 35.4 Å². The average Bonchev–Trinajstić information content (AvgIpc) is 2.74. The molecule has 1 fully saturated rings. The van der Waals surface area contributed by atoms with Crippen LogP contribution in [-0.4, -0.2) is 31.9 Å². The van der Waals surface area contributed by atoms with E-state index in [0.29, 0.717) is 17.4 Å². The van der Waals surface area contributed by atoms with Crippen molar-refractivity contribution >= 4 is 16.8 Å². The molecular formula is C21H22N4O2. The third kappa shape index (κ3) is 3.23. The maximum atomic E-state index is 13.3. The highest BCUT2D eigenvalue weighted by Gasteiger charge is 2.32. The zero-order chi connectivity index (χ0) is 18.8. The largest absolute Gasteiger partial charge is 0.334 e. The molecule has 2 atom stereocenters. The highest BCUT2D eigenvalue weighted by Crippen LogP contribution is 2.32. The van der Waals surface area contributed by atoms with E-state index < -0.39 is 6.04 Å². The minimum atomic E-state index is -0.605. The molecule has 1 aliphatic rings. The van der Waals surface area contributed by atoms with Crippen LogP contribution >= 0.6 is 0 Å². The van der Waals surface area contributed by atoms with Crippen LogP contribution in [0, 0.1) is 0 Å². The molecule has 4 rings (SSSR count). The first-order valence-corrected chi connectivity index (χ1v) is 9.33. The Morgan fingerprint density at radius 3 is 2.85 bits per heavy atom. The molecule has 1 amide bonds. The molecule has 6 heteroatoms. The van der Waals surface area contributed by atoms with Crippen LogP contribution in [0.5, 0.6) is 0 Å². The Morgan fingerprint density at radius 2 is 2.04 bits per heavy atom. The molecule has 2 aromatic heterocycles. The molecule has 0 saturated carbocycles. The van der Waals surface area contributed by atoms with Gasteiger partial charge in [0.05, 0.1) is 23.3 Å². The highest BCUT2D eigenvalue weighted by atomic mass is 16.2. The van der Waals surface area contributed by atoms with E-state index in [0.717, 1.165) is 24.8 Å². The standard InChI is InChI=1S/C21H22N4O2/c1-15(25-14-23-18-9-3-2-8-17(18)21(25)27)20(26)24-12-5-4-10-19(24)16-7-6-11-22-13-16/h2-3,6-9,11,13-15,19H,4-5,10,12H2,1H3/t15-,19-/m0/s1. The molecule has 0 spiro atoms. The molecule has 0 N–H and O–H groups in total. The number of carbonyl (C=O) groups is 1. The molecule has 3 heterocycles. The van der Waals surface area contributed by atoms with Gasteiger partial charge in [0.25, 0.3) is 5.56 Å². The van der Waals surface area contributed by atoms with Crippen LogP contribution in [0.25, 0.3) is 10.9 Å². The summed E-state index contributed by atoms with van der Waals surface area (Å²) in [5.74, 6) is -0.0530. The van der Waals surface area contributed by atoms with Crippen LogP contribution in [-0.2, 0) is 4.79 Å². The van der Waals surface area contributed by atoms with Crippen LogP contribution in [0.4, 0.5) is 0 Å². The smallest absolute Gasteiger partial charge is 0.261 e. The zero-order valence-corrected chi connectivity index (χ0v) is 15.3. The van der Waals surface area contributed by atoms with E-state index in [4.69, 9.17) is 0 Å². The normalized spacial score (nSPS) is 18.4. The fourth-order valence-corrected chi connectivity index (χ4v) is 3.83. The van der Waals surface area contributed by atoms with E-state index in [1.54, 1.807) is 25.3 Å². The van der Waals surface area contributed by atoms with Crippen molar-refractivity contribution in [3.63, 3.8) is 0 Å². The molecule has 0 unspecified atom stereocenters. The third-order valence-electron chi connectivity index (χ3n) is 5.32. The number of carbonyl (C=O) groups excluding carboxylic acids is 1. The highest BCUT2D eigenvalue weighted by molar-refractivity contribution is 5.82. The first-order valence-electron chi connectivity index (χ1n) is 9.33. The van der Waals surface area contributed by atoms with Gasteiger partial charge in [-0.2, -0.15) is 0 Å². The molecule has 6 nitrogen and oxygen atoms in total. The number of hydrogen-bond acceptors (Lipinski definition) is 4. The Bertz CT molecular complexity index is 1020. The monoisotopic (exact) mass is 362 g/mol. The van der Waals surface area contributed by atoms with Crippen LogP contribution in [0.2, 0.25) is 0 Å². The summed E-state index contributed by atoms with van der Waals surface area (Å²) in [5.41, 5.74) is 1.50. The summed E-state index contributed by atoms with van der Waals surface area (Å²) in [6.07, 6.45) is 8.01. The lowest BCUT2D eigenvalue weighted by Gasteiger charge is -2.37. The van der Waals surface area contributed by atoms with Gasteiger partial charge in [-0.05, 0) is 49.9 Å². The van der Waals surface area contributed by atoms with Crippen LogP contribution in [0.1, 0.15) is 43.8 Å². The molecule has 138 valence electrons. The molecule has 0 radical (unpaired) electrons. The van der Waals surface area contributed by atoms with Gasteiger partial charge in [-0.3, -0.25) is 19.1 Å². The fourth-order valence-electron chi connectivity index (χ4n) is 3.83. The third-order valence-corrected chi connectivity index (χ3v) is 5.32. The maximum Gasteiger partial charge on any atom is 0.261 e. The number of aromatic nitrogens is 3. The van der Waals surface area contributed by atoms with E-state index in [-0.39, 0.29) is 17.5 Å². The second kappa shape index (κ2) is 7.31. The molecule has 0 aliphatic carbocycles. The van der Waals surface area contributed by atoms with Gasteiger partial charge in [0.2, 0.25) is 5.91 Å². The van der Waals surface area contributed by atoms with Crippen molar-refractivity contribution in [3.05, 3.63) is 71.0 Å². The van der Waals surface area contributed by atoms with Gasteiger partial charge in [-0.15, -0.1) is 0 Å². The molecule has 3 aromatic rings. The van der Waals surface area contributed by atoms with Crippen molar-refractivity contribution in [1.82, 2.24) is 19.4 Å². The van der Waals surface area contributed by atoms with Gasteiger partial charge in [-0.1, -0.05) is 18.2 Å². The molecule has 27 heavy (non-hydrogen) atoms. The lowest BCUT2D eigenvalue weighted by atomic mass is 9.95. The summed E-state index contributed by atoms with van der Waals surface area (Å²) in [7, 11) is 0. The molecule has 0 bridgehead atoms. The molecular weight excluding hydrogens is 340 g/mol. The molecule has 1 saturated heterocycles. The van der Waals surface area contributed by atoms with Crippen molar-refractivity contribution in [2.75, 3.05) is 6.54 Å². The number of pyridine rings is 1. The summed E-state index contributed by atoms with van der Waals surface area (Å²) >= 11 is 0.